The van der Waals surface area contributed by atoms with E-state index < -0.39 is 0 Å². The smallest absolute Gasteiger partial charge is 0.0484 e. The average molecular weight is 204 g/mol. The van der Waals surface area contributed by atoms with Gasteiger partial charge in [-0.1, -0.05) is 41.9 Å². The molecule has 1 nitrogen and oxygen atoms in total. The molecule has 14 heavy (non-hydrogen) atoms. The topological polar surface area (TPSA) is 12.4 Å². The van der Waals surface area contributed by atoms with Gasteiger partial charge in [-0.05, 0) is 11.5 Å². The van der Waals surface area contributed by atoms with Crippen molar-refractivity contribution in [1.82, 2.24) is 0 Å². The highest BCUT2D eigenvalue weighted by atomic mass is 35.5. The summed E-state index contributed by atoms with van der Waals surface area (Å²) in [5.41, 5.74) is 1.10. The lowest BCUT2D eigenvalue weighted by molar-refractivity contribution is 1.47. The molecule has 0 saturated heterocycles. The van der Waals surface area contributed by atoms with E-state index in [1.54, 1.807) is 7.05 Å². The van der Waals surface area contributed by atoms with Crippen LogP contribution in [0.1, 0.15) is 5.56 Å². The minimum Gasteiger partial charge on any atom is -0.296 e. The first-order chi connectivity index (χ1) is 6.83. The maximum atomic E-state index is 6.08. The molecular weight excluding hydrogens is 194 g/mol. The van der Waals surface area contributed by atoms with Gasteiger partial charge in [0.15, 0.2) is 0 Å². The Kier molecular flexibility index (Phi) is 2.51. The lowest BCUT2D eigenvalue weighted by atomic mass is 10.1. The van der Waals surface area contributed by atoms with Gasteiger partial charge >= 0.3 is 0 Å². The van der Waals surface area contributed by atoms with E-state index in [1.807, 2.05) is 36.5 Å². The highest BCUT2D eigenvalue weighted by molar-refractivity contribution is 6.36. The molecule has 0 fully saturated rings. The normalized spacial score (nSPS) is 11.3. The van der Waals surface area contributed by atoms with Crippen molar-refractivity contribution >= 4 is 28.6 Å². The van der Waals surface area contributed by atoms with Gasteiger partial charge in [0.1, 0.15) is 0 Å². The predicted molar refractivity (Wildman–Crippen MR) is 62.5 cm³/mol. The maximum Gasteiger partial charge on any atom is 0.0484 e. The van der Waals surface area contributed by atoms with Crippen molar-refractivity contribution in [2.75, 3.05) is 7.05 Å². The summed E-state index contributed by atoms with van der Waals surface area (Å²) in [5, 5.41) is 3.01. The van der Waals surface area contributed by atoms with Crippen LogP contribution in [0.2, 0.25) is 5.02 Å². The summed E-state index contributed by atoms with van der Waals surface area (Å²) >= 11 is 6.08. The van der Waals surface area contributed by atoms with E-state index in [2.05, 4.69) is 11.1 Å². The highest BCUT2D eigenvalue weighted by Gasteiger charge is 2.01. The summed E-state index contributed by atoms with van der Waals surface area (Å²) in [4.78, 5) is 4.02. The molecule has 0 unspecified atom stereocenters. The minimum atomic E-state index is 0.786. The molecule has 0 aromatic heterocycles. The van der Waals surface area contributed by atoms with Gasteiger partial charge in [-0.25, -0.2) is 0 Å². The molecule has 70 valence electrons. The molecule has 0 heterocycles. The average Bonchev–Trinajstić information content (AvgIpc) is 2.23. The Morgan fingerprint density at radius 1 is 1.07 bits per heavy atom. The van der Waals surface area contributed by atoms with Crippen LogP contribution >= 0.6 is 11.6 Å². The van der Waals surface area contributed by atoms with Gasteiger partial charge in [0.2, 0.25) is 0 Å². The van der Waals surface area contributed by atoms with Crippen LogP contribution < -0.4 is 0 Å². The fourth-order valence-corrected chi connectivity index (χ4v) is 1.77. The zero-order chi connectivity index (χ0) is 9.97. The zero-order valence-corrected chi connectivity index (χ0v) is 8.62. The second-order valence-corrected chi connectivity index (χ2v) is 3.48. The van der Waals surface area contributed by atoms with E-state index in [0.29, 0.717) is 0 Å². The second-order valence-electron chi connectivity index (χ2n) is 3.07. The fourth-order valence-electron chi connectivity index (χ4n) is 1.54. The monoisotopic (exact) mass is 203 g/mol. The van der Waals surface area contributed by atoms with Crippen molar-refractivity contribution in [2.45, 2.75) is 0 Å². The van der Waals surface area contributed by atoms with Gasteiger partial charge in [0.25, 0.3) is 0 Å². The number of hydrogen-bond acceptors (Lipinski definition) is 1. The molecule has 0 amide bonds. The standard InChI is InChI=1S/C12H10ClN/c1-14-8-9-6-7-12(13)11-5-3-2-4-10(9)11/h2-8H,1H3. The molecule has 0 aliphatic carbocycles. The molecule has 0 aliphatic heterocycles. The second kappa shape index (κ2) is 3.81. The summed E-state index contributed by atoms with van der Waals surface area (Å²) in [6, 6.07) is 12.0. The van der Waals surface area contributed by atoms with Crippen molar-refractivity contribution in [3.8, 4) is 0 Å². The molecule has 0 N–H and O–H groups in total. The van der Waals surface area contributed by atoms with Crippen LogP contribution in [0, 0.1) is 0 Å². The van der Waals surface area contributed by atoms with E-state index >= 15 is 0 Å². The molecule has 2 rings (SSSR count). The van der Waals surface area contributed by atoms with Crippen molar-refractivity contribution in [3.63, 3.8) is 0 Å². The number of fused-ring (bicyclic) bond motifs is 1. The van der Waals surface area contributed by atoms with Crippen LogP contribution in [0.5, 0.6) is 0 Å². The Morgan fingerprint density at radius 2 is 1.79 bits per heavy atom. The summed E-state index contributed by atoms with van der Waals surface area (Å²) in [6.45, 7) is 0. The predicted octanol–water partition coefficient (Wildman–Crippen LogP) is 3.54. The van der Waals surface area contributed by atoms with Crippen LogP contribution in [0.25, 0.3) is 10.8 Å². The zero-order valence-electron chi connectivity index (χ0n) is 7.87. The van der Waals surface area contributed by atoms with Crippen LogP contribution in [0.4, 0.5) is 0 Å². The lowest BCUT2D eigenvalue weighted by Crippen LogP contribution is -1.84. The molecule has 2 aromatic rings. The lowest BCUT2D eigenvalue weighted by Gasteiger charge is -2.03. The van der Waals surface area contributed by atoms with Gasteiger partial charge in [-0.3, -0.25) is 4.99 Å². The molecule has 0 spiro atoms. The summed E-state index contributed by atoms with van der Waals surface area (Å²) in [5.74, 6) is 0. The van der Waals surface area contributed by atoms with E-state index in [9.17, 15) is 0 Å². The maximum absolute atomic E-state index is 6.08. The third-order valence-corrected chi connectivity index (χ3v) is 2.50. The number of halogens is 1. The molecule has 0 atom stereocenters. The van der Waals surface area contributed by atoms with Gasteiger partial charge < -0.3 is 0 Å². The fraction of sp³-hybridized carbons (Fsp3) is 0.0833. The molecule has 0 aliphatic rings. The highest BCUT2D eigenvalue weighted by Crippen LogP contribution is 2.25. The Balaban J connectivity index is 2.81. The van der Waals surface area contributed by atoms with Gasteiger partial charge in [-0.15, -0.1) is 0 Å². The largest absolute Gasteiger partial charge is 0.296 e. The first kappa shape index (κ1) is 9.22. The van der Waals surface area contributed by atoms with Crippen molar-refractivity contribution in [2.24, 2.45) is 4.99 Å². The number of hydrogen-bond donors (Lipinski definition) is 0. The number of benzene rings is 2. The van der Waals surface area contributed by atoms with Gasteiger partial charge in [0, 0.05) is 29.2 Å². The number of nitrogens with zero attached hydrogens (tertiary/aromatic N) is 1. The van der Waals surface area contributed by atoms with Crippen LogP contribution in [-0.4, -0.2) is 13.3 Å². The third kappa shape index (κ3) is 1.51. The quantitative estimate of drug-likeness (QED) is 0.629. The Labute approximate surface area is 88.0 Å². The van der Waals surface area contributed by atoms with Crippen LogP contribution in [-0.2, 0) is 0 Å². The molecule has 2 heteroatoms. The summed E-state index contributed by atoms with van der Waals surface area (Å²) in [6.07, 6.45) is 1.85. The van der Waals surface area contributed by atoms with E-state index in [0.717, 1.165) is 21.4 Å². The van der Waals surface area contributed by atoms with E-state index in [-0.39, 0.29) is 0 Å². The Hall–Kier alpha value is -1.34. The van der Waals surface area contributed by atoms with E-state index in [1.165, 1.54) is 0 Å². The number of rotatable bonds is 1. The number of aliphatic imine (C=N–C) groups is 1. The van der Waals surface area contributed by atoms with Crippen molar-refractivity contribution < 1.29 is 0 Å². The minimum absolute atomic E-state index is 0.786. The van der Waals surface area contributed by atoms with Crippen molar-refractivity contribution in [3.05, 3.63) is 47.0 Å². The van der Waals surface area contributed by atoms with Crippen molar-refractivity contribution in [1.29, 1.82) is 0 Å². The molecular formula is C12H10ClN. The summed E-state index contributed by atoms with van der Waals surface area (Å²) in [7, 11) is 1.77. The Morgan fingerprint density at radius 3 is 2.50 bits per heavy atom. The van der Waals surface area contributed by atoms with Crippen LogP contribution in [0.15, 0.2) is 41.4 Å². The van der Waals surface area contributed by atoms with Gasteiger partial charge in [-0.2, -0.15) is 0 Å². The molecule has 2 aromatic carbocycles. The Bertz CT molecular complexity index is 489. The van der Waals surface area contributed by atoms with Gasteiger partial charge in [0.05, 0.1) is 0 Å². The third-order valence-electron chi connectivity index (χ3n) is 2.17. The van der Waals surface area contributed by atoms with E-state index in [4.69, 9.17) is 11.6 Å². The molecule has 0 saturated carbocycles. The molecule has 0 bridgehead atoms. The SMILES string of the molecule is CN=Cc1ccc(Cl)c2ccccc12. The van der Waals surface area contributed by atoms with Crippen LogP contribution in [0.3, 0.4) is 0 Å². The summed E-state index contributed by atoms with van der Waals surface area (Å²) < 4.78 is 0. The first-order valence-electron chi connectivity index (χ1n) is 4.42. The molecule has 0 radical (unpaired) electrons. The first-order valence-corrected chi connectivity index (χ1v) is 4.80.